The Bertz CT molecular complexity index is 976. The number of carbonyl (C=O) groups is 2. The van der Waals surface area contributed by atoms with Gasteiger partial charge in [0.2, 0.25) is 5.88 Å². The molecule has 2 amide bonds. The van der Waals surface area contributed by atoms with Crippen LogP contribution in [0.1, 0.15) is 17.5 Å². The van der Waals surface area contributed by atoms with Gasteiger partial charge in [0.15, 0.2) is 11.9 Å². The van der Waals surface area contributed by atoms with E-state index in [0.717, 1.165) is 10.9 Å². The number of para-hydroxylation sites is 1. The number of rotatable bonds is 4. The minimum atomic E-state index is -0.689. The number of fused-ring (bicyclic) bond motifs is 1. The Morgan fingerprint density at radius 1 is 1.04 bits per heavy atom. The summed E-state index contributed by atoms with van der Waals surface area (Å²) in [6.45, 7) is 3.51. The van der Waals surface area contributed by atoms with Crippen molar-refractivity contribution in [3.63, 3.8) is 0 Å². The van der Waals surface area contributed by atoms with Crippen LogP contribution < -0.4 is 4.74 Å². The molecule has 3 aromatic rings. The predicted octanol–water partition coefficient (Wildman–Crippen LogP) is 1.97. The zero-order valence-corrected chi connectivity index (χ0v) is 15.4. The molecule has 8 nitrogen and oxygen atoms in total. The summed E-state index contributed by atoms with van der Waals surface area (Å²) in [5.74, 6) is 0.409. The number of piperazine rings is 1. The van der Waals surface area contributed by atoms with E-state index in [-0.39, 0.29) is 11.8 Å². The van der Waals surface area contributed by atoms with Gasteiger partial charge in [-0.25, -0.2) is 9.97 Å². The molecule has 0 saturated carbocycles. The van der Waals surface area contributed by atoms with Crippen LogP contribution in [0.5, 0.6) is 5.88 Å². The maximum Gasteiger partial charge on any atom is 0.289 e. The lowest BCUT2D eigenvalue weighted by molar-refractivity contribution is -0.139. The van der Waals surface area contributed by atoms with E-state index in [1.807, 2.05) is 24.3 Å². The minimum absolute atomic E-state index is 0.132. The first kappa shape index (κ1) is 18.0. The fraction of sp³-hybridized carbons (Fsp3) is 0.300. The molecule has 1 aliphatic rings. The second-order valence-electron chi connectivity index (χ2n) is 6.55. The normalized spacial score (nSPS) is 15.5. The number of carbonyl (C=O) groups excluding carboxylic acids is 2. The number of benzene rings is 1. The van der Waals surface area contributed by atoms with Gasteiger partial charge >= 0.3 is 0 Å². The molecule has 0 aliphatic carbocycles. The maximum absolute atomic E-state index is 12.8. The Labute approximate surface area is 161 Å². The predicted molar refractivity (Wildman–Crippen MR) is 101 cm³/mol. The van der Waals surface area contributed by atoms with E-state index in [2.05, 4.69) is 9.97 Å². The van der Waals surface area contributed by atoms with Crippen LogP contribution in [0.2, 0.25) is 0 Å². The summed E-state index contributed by atoms with van der Waals surface area (Å²) in [6.07, 6.45) is 2.21. The Morgan fingerprint density at radius 2 is 1.79 bits per heavy atom. The van der Waals surface area contributed by atoms with E-state index in [1.54, 1.807) is 28.9 Å². The second kappa shape index (κ2) is 7.67. The Kier molecular flexibility index (Phi) is 4.92. The van der Waals surface area contributed by atoms with Gasteiger partial charge in [-0.05, 0) is 31.2 Å². The summed E-state index contributed by atoms with van der Waals surface area (Å²) < 4.78 is 11.0. The highest BCUT2D eigenvalue weighted by Gasteiger charge is 2.29. The average molecular weight is 380 g/mol. The van der Waals surface area contributed by atoms with E-state index in [0.29, 0.717) is 37.8 Å². The van der Waals surface area contributed by atoms with E-state index >= 15 is 0 Å². The van der Waals surface area contributed by atoms with Crippen molar-refractivity contribution in [1.82, 2.24) is 19.8 Å². The molecule has 0 bridgehead atoms. The molecule has 1 saturated heterocycles. The van der Waals surface area contributed by atoms with Crippen molar-refractivity contribution >= 4 is 22.7 Å². The van der Waals surface area contributed by atoms with Crippen molar-refractivity contribution in [3.05, 3.63) is 54.7 Å². The molecule has 8 heteroatoms. The summed E-state index contributed by atoms with van der Waals surface area (Å²) >= 11 is 0. The number of hydrogen-bond donors (Lipinski definition) is 0. The fourth-order valence-electron chi connectivity index (χ4n) is 3.24. The van der Waals surface area contributed by atoms with Gasteiger partial charge in [-0.2, -0.15) is 0 Å². The summed E-state index contributed by atoms with van der Waals surface area (Å²) in [6, 6.07) is 10.8. The summed E-state index contributed by atoms with van der Waals surface area (Å²) in [5.41, 5.74) is 0.761. The maximum atomic E-state index is 12.8. The Hall–Kier alpha value is -3.42. The topological polar surface area (TPSA) is 88.8 Å². The molecule has 1 atom stereocenters. The first-order valence-electron chi connectivity index (χ1n) is 9.11. The van der Waals surface area contributed by atoms with Crippen molar-refractivity contribution in [3.8, 4) is 5.88 Å². The minimum Gasteiger partial charge on any atom is -0.464 e. The van der Waals surface area contributed by atoms with Crippen molar-refractivity contribution < 1.29 is 18.7 Å². The molecule has 0 N–H and O–H groups in total. The molecule has 1 aromatic carbocycles. The first-order chi connectivity index (χ1) is 13.6. The van der Waals surface area contributed by atoms with Crippen molar-refractivity contribution in [1.29, 1.82) is 0 Å². The quantitative estimate of drug-likeness (QED) is 0.688. The van der Waals surface area contributed by atoms with Gasteiger partial charge in [0.05, 0.1) is 17.2 Å². The van der Waals surface area contributed by atoms with E-state index in [9.17, 15) is 9.59 Å². The smallest absolute Gasteiger partial charge is 0.289 e. The number of ether oxygens (including phenoxy) is 1. The van der Waals surface area contributed by atoms with Crippen molar-refractivity contribution in [2.75, 3.05) is 26.2 Å². The highest BCUT2D eigenvalue weighted by atomic mass is 16.5. The van der Waals surface area contributed by atoms with Gasteiger partial charge in [0, 0.05) is 26.2 Å². The standard InChI is InChI=1S/C20H20N4O4/c1-14(28-18-15-5-2-3-6-16(15)21-13-22-18)19(25)23-8-10-24(11-9-23)20(26)17-7-4-12-27-17/h2-7,12-14H,8-11H2,1H3/t14-/m1/s1. The molecule has 28 heavy (non-hydrogen) atoms. The van der Waals surface area contributed by atoms with Crippen LogP contribution in [-0.2, 0) is 4.79 Å². The lowest BCUT2D eigenvalue weighted by Gasteiger charge is -2.35. The number of nitrogens with zero attached hydrogens (tertiary/aromatic N) is 4. The van der Waals surface area contributed by atoms with Crippen LogP contribution in [-0.4, -0.2) is 63.9 Å². The van der Waals surface area contributed by atoms with E-state index < -0.39 is 6.10 Å². The Balaban J connectivity index is 1.38. The van der Waals surface area contributed by atoms with Gasteiger partial charge in [-0.15, -0.1) is 0 Å². The third-order valence-corrected chi connectivity index (χ3v) is 4.75. The van der Waals surface area contributed by atoms with Crippen LogP contribution in [0.15, 0.2) is 53.4 Å². The van der Waals surface area contributed by atoms with Crippen LogP contribution in [0.4, 0.5) is 0 Å². The zero-order valence-electron chi connectivity index (χ0n) is 15.4. The third kappa shape index (κ3) is 3.53. The molecule has 144 valence electrons. The summed E-state index contributed by atoms with van der Waals surface area (Å²) in [7, 11) is 0. The molecular weight excluding hydrogens is 360 g/mol. The molecule has 0 unspecified atom stereocenters. The molecule has 0 spiro atoms. The van der Waals surface area contributed by atoms with Crippen LogP contribution >= 0.6 is 0 Å². The highest BCUT2D eigenvalue weighted by Crippen LogP contribution is 2.22. The highest BCUT2D eigenvalue weighted by molar-refractivity contribution is 5.91. The van der Waals surface area contributed by atoms with Gasteiger partial charge < -0.3 is 19.0 Å². The molecule has 0 radical (unpaired) electrons. The van der Waals surface area contributed by atoms with Crippen LogP contribution in [0, 0.1) is 0 Å². The average Bonchev–Trinajstić information content (AvgIpc) is 3.28. The second-order valence-corrected chi connectivity index (χ2v) is 6.55. The van der Waals surface area contributed by atoms with Gasteiger partial charge in [-0.3, -0.25) is 9.59 Å². The number of amides is 2. The molecule has 1 fully saturated rings. The molecule has 3 heterocycles. The van der Waals surface area contributed by atoms with Gasteiger partial charge in [0.1, 0.15) is 6.33 Å². The number of hydrogen-bond acceptors (Lipinski definition) is 6. The van der Waals surface area contributed by atoms with Crippen molar-refractivity contribution in [2.45, 2.75) is 13.0 Å². The molecule has 4 rings (SSSR count). The largest absolute Gasteiger partial charge is 0.464 e. The number of aromatic nitrogens is 2. The monoisotopic (exact) mass is 380 g/mol. The van der Waals surface area contributed by atoms with E-state index in [1.165, 1.54) is 12.6 Å². The van der Waals surface area contributed by atoms with Gasteiger partial charge in [0.25, 0.3) is 11.8 Å². The van der Waals surface area contributed by atoms with E-state index in [4.69, 9.17) is 9.15 Å². The molecular formula is C20H20N4O4. The third-order valence-electron chi connectivity index (χ3n) is 4.75. The molecule has 2 aromatic heterocycles. The summed E-state index contributed by atoms with van der Waals surface area (Å²) in [5, 5.41) is 0.763. The van der Waals surface area contributed by atoms with Crippen molar-refractivity contribution in [2.24, 2.45) is 0 Å². The lowest BCUT2D eigenvalue weighted by atomic mass is 10.2. The number of furan rings is 1. The first-order valence-corrected chi connectivity index (χ1v) is 9.11. The Morgan fingerprint density at radius 3 is 2.54 bits per heavy atom. The lowest BCUT2D eigenvalue weighted by Crippen LogP contribution is -2.53. The summed E-state index contributed by atoms with van der Waals surface area (Å²) in [4.78, 5) is 36.9. The SMILES string of the molecule is C[C@@H](Oc1ncnc2ccccc12)C(=O)N1CCN(C(=O)c2ccco2)CC1. The fourth-order valence-corrected chi connectivity index (χ4v) is 3.24. The van der Waals surface area contributed by atoms with Crippen LogP contribution in [0.25, 0.3) is 10.9 Å². The van der Waals surface area contributed by atoms with Gasteiger partial charge in [-0.1, -0.05) is 12.1 Å². The van der Waals surface area contributed by atoms with Crippen LogP contribution in [0.3, 0.4) is 0 Å². The zero-order chi connectivity index (χ0) is 19.5. The molecule has 1 aliphatic heterocycles.